The monoisotopic (exact) mass is 374 g/mol. The van der Waals surface area contributed by atoms with Crippen LogP contribution < -0.4 is 53.3 Å². The Morgan fingerprint density at radius 1 is 0.792 bits per heavy atom. The van der Waals surface area contributed by atoms with Gasteiger partial charge in [0.15, 0.2) is 5.96 Å². The fourth-order valence-corrected chi connectivity index (χ4v) is 0. The predicted molar refractivity (Wildman–Crippen MR) is 79.7 cm³/mol. The molecule has 0 aliphatic carbocycles. The van der Waals surface area contributed by atoms with Crippen LogP contribution in [0.1, 0.15) is 0 Å². The van der Waals surface area contributed by atoms with Gasteiger partial charge in [0.1, 0.15) is 0 Å². The van der Waals surface area contributed by atoms with Crippen molar-refractivity contribution in [1.82, 2.24) is 24.6 Å². The number of nitrogens with one attached hydrogen (secondary N) is 1. The minimum absolute atomic E-state index is 0. The lowest BCUT2D eigenvalue weighted by Gasteiger charge is -1.69. The van der Waals surface area contributed by atoms with Gasteiger partial charge in [0.05, 0.1) is 0 Å². The van der Waals surface area contributed by atoms with E-state index in [9.17, 15) is 0 Å². The van der Waals surface area contributed by atoms with Gasteiger partial charge in [-0.1, -0.05) is 0 Å². The van der Waals surface area contributed by atoms with Gasteiger partial charge in [-0.15, -0.1) is 20.2 Å². The molecule has 26 N–H and O–H groups in total. The summed E-state index contributed by atoms with van der Waals surface area (Å²) in [7, 11) is 0. The molecule has 0 aromatic heterocycles. The second-order valence-electron chi connectivity index (χ2n) is 1.67. The fraction of sp³-hybridized carbons (Fsp3) is 0. The van der Waals surface area contributed by atoms with E-state index in [2.05, 4.69) is 28.7 Å². The average Bonchev–Trinajstić information content (AvgIpc) is 1.94. The number of hydrogen-bond acceptors (Lipinski definition) is 11. The second kappa shape index (κ2) is 50.8. The van der Waals surface area contributed by atoms with E-state index in [1.165, 1.54) is 0 Å². The Balaban J connectivity index is -0.0000000161. The Bertz CT molecular complexity index is 218. The van der Waals surface area contributed by atoms with Gasteiger partial charge in [0, 0.05) is 0 Å². The first-order valence-electron chi connectivity index (χ1n) is 3.46. The topological polar surface area (TPSA) is 475 Å². The lowest BCUT2D eigenvalue weighted by molar-refractivity contribution is -0.742. The molecule has 0 atom stereocenters. The third-order valence-electron chi connectivity index (χ3n) is 0. The molecule has 0 radical (unpaired) electrons. The van der Waals surface area contributed by atoms with Crippen molar-refractivity contribution in [1.29, 1.82) is 5.41 Å². The maximum Gasteiger partial charge on any atom is 0.402 e. The first-order valence-corrected chi connectivity index (χ1v) is 3.46. The van der Waals surface area contributed by atoms with Crippen molar-refractivity contribution < 1.29 is 35.3 Å². The minimum atomic E-state index is -1.50. The molecule has 152 valence electrons. The van der Waals surface area contributed by atoms with Gasteiger partial charge in [-0.3, -0.25) is 5.41 Å². The number of nitrogens with two attached hydrogens (primary N) is 5. The normalized spacial score (nSPS) is 5.00. The molecular formula is C3H26N12O9. The molecule has 0 spiro atoms. The van der Waals surface area contributed by atoms with Crippen molar-refractivity contribution in [2.24, 2.45) is 28.7 Å². The number of guanidine groups is 1. The summed E-state index contributed by atoms with van der Waals surface area (Å²) in [6, 6.07) is -0.833. The van der Waals surface area contributed by atoms with E-state index in [0.29, 0.717) is 0 Å². The molecule has 21 nitrogen and oxygen atoms in total. The van der Waals surface area contributed by atoms with Gasteiger partial charge in [0.25, 0.3) is 10.2 Å². The maximum absolute atomic E-state index is 9.00. The Kier molecular flexibility index (Phi) is 126. The van der Waals surface area contributed by atoms with Crippen LogP contribution in [0.4, 0.5) is 9.59 Å². The van der Waals surface area contributed by atoms with Crippen molar-refractivity contribution in [2.45, 2.75) is 0 Å². The van der Waals surface area contributed by atoms with E-state index in [4.69, 9.17) is 50.7 Å². The number of carbonyl (C=O) groups excluding carboxylic acids is 1. The summed E-state index contributed by atoms with van der Waals surface area (Å²) in [4.78, 5) is 34.5. The zero-order chi connectivity index (χ0) is 17.9. The van der Waals surface area contributed by atoms with E-state index in [-0.39, 0.29) is 30.6 Å². The van der Waals surface area contributed by atoms with Gasteiger partial charge in [0.2, 0.25) is 0 Å². The number of amides is 3. The standard InChI is InChI=1S/CH5N3.CH4N2O.CH3NO2.2HNO3.4H3N/c5*2-1(3)4;;;;/h(H5,2,3,4);(H4,2,3,4);2H2,(H,3,4);2*(H,2,3,4);4*1H3. The molecular weight excluding hydrogens is 348 g/mol. The van der Waals surface area contributed by atoms with E-state index in [0.717, 1.165) is 0 Å². The molecule has 0 saturated carbocycles. The van der Waals surface area contributed by atoms with Crippen LogP contribution >= 0.6 is 0 Å². The van der Waals surface area contributed by atoms with Crippen LogP contribution in [0.15, 0.2) is 0 Å². The van der Waals surface area contributed by atoms with Crippen LogP contribution in [0.3, 0.4) is 0 Å². The van der Waals surface area contributed by atoms with Crippen LogP contribution in [-0.4, -0.2) is 43.8 Å². The number of nitrogens with zero attached hydrogens (tertiary/aromatic N) is 2. The molecule has 0 fully saturated rings. The highest BCUT2D eigenvalue weighted by Crippen LogP contribution is 1.38. The molecule has 0 aromatic rings. The van der Waals surface area contributed by atoms with Crippen LogP contribution in [0.25, 0.3) is 0 Å². The number of hydrogen-bond donors (Lipinski definition) is 13. The van der Waals surface area contributed by atoms with Gasteiger partial charge < -0.3 is 68.8 Å². The lowest BCUT2D eigenvalue weighted by Crippen LogP contribution is -2.20. The molecule has 21 heteroatoms. The third-order valence-corrected chi connectivity index (χ3v) is 0. The largest absolute Gasteiger partial charge is 0.465 e. The Morgan fingerprint density at radius 2 is 0.792 bits per heavy atom. The highest BCUT2D eigenvalue weighted by Gasteiger charge is 1.66. The van der Waals surface area contributed by atoms with Crippen molar-refractivity contribution >= 4 is 18.1 Å². The highest BCUT2D eigenvalue weighted by molar-refractivity contribution is 5.71. The van der Waals surface area contributed by atoms with Gasteiger partial charge in [-0.25, -0.2) is 9.59 Å². The summed E-state index contributed by atoms with van der Waals surface area (Å²) >= 11 is 0. The average molecular weight is 374 g/mol. The fourth-order valence-electron chi connectivity index (χ4n) is 0. The van der Waals surface area contributed by atoms with Gasteiger partial charge >= 0.3 is 12.1 Å². The SMILES string of the molecule is N.N.N.N.N=C(N)N.NC(=O)O.NC(N)=O.O=[N+]([O-])O.O=[N+]([O-])O. The molecule has 0 aliphatic rings. The maximum atomic E-state index is 9.00. The molecule has 0 aromatic carbocycles. The van der Waals surface area contributed by atoms with E-state index in [1.807, 2.05) is 0 Å². The Hall–Kier alpha value is -3.95. The van der Waals surface area contributed by atoms with Crippen molar-refractivity contribution in [3.05, 3.63) is 20.2 Å². The smallest absolute Gasteiger partial charge is 0.402 e. The van der Waals surface area contributed by atoms with Crippen molar-refractivity contribution in [3.63, 3.8) is 0 Å². The number of carboxylic acid groups (broad SMARTS) is 1. The molecule has 0 heterocycles. The molecule has 0 bridgehead atoms. The van der Waals surface area contributed by atoms with Gasteiger partial charge in [-0.05, 0) is 0 Å². The van der Waals surface area contributed by atoms with Crippen LogP contribution in [0.2, 0.25) is 0 Å². The molecule has 24 heavy (non-hydrogen) atoms. The third kappa shape index (κ3) is 336. The number of rotatable bonds is 0. The van der Waals surface area contributed by atoms with E-state index < -0.39 is 22.3 Å². The zero-order valence-electron chi connectivity index (χ0n) is 12.4. The lowest BCUT2D eigenvalue weighted by atomic mass is 11.1. The predicted octanol–water partition coefficient (Wildman–Crippen LogP) is -2.56. The Morgan fingerprint density at radius 3 is 0.792 bits per heavy atom. The molecule has 0 unspecified atom stereocenters. The van der Waals surface area contributed by atoms with Crippen LogP contribution in [-0.2, 0) is 0 Å². The molecule has 3 amide bonds. The van der Waals surface area contributed by atoms with E-state index >= 15 is 0 Å². The first-order chi connectivity index (χ1) is 8.66. The minimum Gasteiger partial charge on any atom is -0.465 e. The summed E-state index contributed by atoms with van der Waals surface area (Å²) < 4.78 is 0. The number of primary amides is 3. The second-order valence-corrected chi connectivity index (χ2v) is 1.67. The summed E-state index contributed by atoms with van der Waals surface area (Å²) in [6.45, 7) is 0. The zero-order valence-corrected chi connectivity index (χ0v) is 12.4. The molecule has 0 aliphatic heterocycles. The summed E-state index contributed by atoms with van der Waals surface area (Å²) in [5.74, 6) is -0.333. The quantitative estimate of drug-likeness (QED) is 0.0895. The summed E-state index contributed by atoms with van der Waals surface area (Å²) in [5.41, 5.74) is 21.5. The van der Waals surface area contributed by atoms with Crippen molar-refractivity contribution in [3.8, 4) is 0 Å². The molecule has 0 saturated heterocycles. The molecule has 0 rings (SSSR count). The first kappa shape index (κ1) is 59.6. The van der Waals surface area contributed by atoms with Crippen LogP contribution in [0, 0.1) is 25.6 Å². The Labute approximate surface area is 133 Å². The van der Waals surface area contributed by atoms with Crippen LogP contribution in [0.5, 0.6) is 0 Å². The van der Waals surface area contributed by atoms with E-state index in [1.54, 1.807) is 0 Å². The number of carbonyl (C=O) groups is 2. The van der Waals surface area contributed by atoms with Gasteiger partial charge in [-0.2, -0.15) is 0 Å². The summed E-state index contributed by atoms with van der Waals surface area (Å²) in [6.07, 6.45) is -1.33. The number of urea groups is 1. The van der Waals surface area contributed by atoms with Crippen molar-refractivity contribution in [2.75, 3.05) is 0 Å². The highest BCUT2D eigenvalue weighted by atomic mass is 16.9. The summed E-state index contributed by atoms with van der Waals surface area (Å²) in [5, 5.41) is 40.5.